The molecule has 0 radical (unpaired) electrons. The highest BCUT2D eigenvalue weighted by molar-refractivity contribution is 5.83. The van der Waals surface area contributed by atoms with Crippen molar-refractivity contribution in [1.82, 2.24) is 4.57 Å². The molecule has 0 aliphatic carbocycles. The number of rotatable bonds is 5. The molecular weight excluding hydrogens is 260 g/mol. The topological polar surface area (TPSA) is 40.2 Å². The van der Waals surface area contributed by atoms with Gasteiger partial charge in [0.15, 0.2) is 0 Å². The number of hydrogen-bond acceptors (Lipinski definition) is 2. The molecule has 2 N–H and O–H groups in total. The Balaban J connectivity index is 1.72. The molecule has 3 aromatic rings. The van der Waals surface area contributed by atoms with E-state index in [9.17, 15) is 0 Å². The second-order valence-electron chi connectivity index (χ2n) is 5.23. The van der Waals surface area contributed by atoms with Gasteiger partial charge in [-0.2, -0.15) is 0 Å². The average Bonchev–Trinajstić information content (AvgIpc) is 2.88. The van der Waals surface area contributed by atoms with Crippen molar-refractivity contribution in [3.8, 4) is 5.75 Å². The molecule has 0 saturated heterocycles. The van der Waals surface area contributed by atoms with Crippen molar-refractivity contribution in [2.75, 3.05) is 6.61 Å². The smallest absolute Gasteiger partial charge is 0.119 e. The summed E-state index contributed by atoms with van der Waals surface area (Å²) in [5, 5.41) is 1.23. The van der Waals surface area contributed by atoms with Gasteiger partial charge in [-0.3, -0.25) is 0 Å². The van der Waals surface area contributed by atoms with Gasteiger partial charge in [0.1, 0.15) is 12.4 Å². The van der Waals surface area contributed by atoms with Crippen LogP contribution in [0.1, 0.15) is 11.1 Å². The van der Waals surface area contributed by atoms with Gasteiger partial charge >= 0.3 is 0 Å². The normalized spacial score (nSPS) is 11.0. The number of para-hydroxylation sites is 1. The highest BCUT2D eigenvalue weighted by atomic mass is 16.5. The summed E-state index contributed by atoms with van der Waals surface area (Å²) in [5.74, 6) is 0.913. The van der Waals surface area contributed by atoms with Crippen molar-refractivity contribution in [3.63, 3.8) is 0 Å². The van der Waals surface area contributed by atoms with Crippen LogP contribution in [0.4, 0.5) is 0 Å². The molecule has 0 fully saturated rings. The van der Waals surface area contributed by atoms with Crippen molar-refractivity contribution < 1.29 is 4.74 Å². The summed E-state index contributed by atoms with van der Waals surface area (Å²) in [5.41, 5.74) is 9.46. The molecule has 3 heteroatoms. The minimum atomic E-state index is 0.562. The molecule has 1 heterocycles. The summed E-state index contributed by atoms with van der Waals surface area (Å²) < 4.78 is 8.02. The first kappa shape index (κ1) is 13.7. The fourth-order valence-electron chi connectivity index (χ4n) is 2.57. The van der Waals surface area contributed by atoms with E-state index in [1.54, 1.807) is 0 Å². The van der Waals surface area contributed by atoms with Gasteiger partial charge in [-0.15, -0.1) is 0 Å². The second kappa shape index (κ2) is 6.02. The number of nitrogens with two attached hydrogens (primary N) is 1. The third-order valence-electron chi connectivity index (χ3n) is 3.71. The zero-order valence-electron chi connectivity index (χ0n) is 12.3. The van der Waals surface area contributed by atoms with Crippen LogP contribution in [0.25, 0.3) is 10.9 Å². The Hall–Kier alpha value is -2.26. The molecule has 0 amide bonds. The van der Waals surface area contributed by atoms with Gasteiger partial charge < -0.3 is 15.0 Å². The zero-order chi connectivity index (χ0) is 14.7. The maximum absolute atomic E-state index is 5.82. The zero-order valence-corrected chi connectivity index (χ0v) is 12.3. The maximum atomic E-state index is 5.82. The minimum absolute atomic E-state index is 0.562. The Bertz CT molecular complexity index is 729. The fourth-order valence-corrected chi connectivity index (χ4v) is 2.57. The predicted octanol–water partition coefficient (Wildman–Crippen LogP) is 3.49. The number of hydrogen-bond donors (Lipinski definition) is 1. The lowest BCUT2D eigenvalue weighted by Gasteiger charge is -2.08. The van der Waals surface area contributed by atoms with Gasteiger partial charge in [-0.1, -0.05) is 35.9 Å². The summed E-state index contributed by atoms with van der Waals surface area (Å²) >= 11 is 0. The third kappa shape index (κ3) is 2.93. The fraction of sp³-hybridized carbons (Fsp3) is 0.222. The molecule has 0 bridgehead atoms. The molecule has 0 saturated carbocycles. The van der Waals surface area contributed by atoms with Crippen LogP contribution in [-0.2, 0) is 13.1 Å². The van der Waals surface area contributed by atoms with E-state index in [2.05, 4.69) is 54.1 Å². The molecule has 2 aromatic carbocycles. The van der Waals surface area contributed by atoms with Crippen molar-refractivity contribution >= 4 is 10.9 Å². The molecular formula is C18H20N2O. The van der Waals surface area contributed by atoms with Gasteiger partial charge in [0.25, 0.3) is 0 Å². The first-order valence-electron chi connectivity index (χ1n) is 7.24. The summed E-state index contributed by atoms with van der Waals surface area (Å²) in [6, 6.07) is 16.5. The van der Waals surface area contributed by atoms with Crippen molar-refractivity contribution in [3.05, 3.63) is 65.9 Å². The van der Waals surface area contributed by atoms with Crippen LogP contribution in [0.3, 0.4) is 0 Å². The molecule has 0 aliphatic heterocycles. The van der Waals surface area contributed by atoms with E-state index in [1.165, 1.54) is 22.0 Å². The Kier molecular flexibility index (Phi) is 3.93. The van der Waals surface area contributed by atoms with Crippen LogP contribution < -0.4 is 10.5 Å². The SMILES string of the molecule is Cc1ccc(OCCn2cc(CN)c3ccccc32)cc1. The summed E-state index contributed by atoms with van der Waals surface area (Å²) in [7, 11) is 0. The first-order chi connectivity index (χ1) is 10.3. The first-order valence-corrected chi connectivity index (χ1v) is 7.24. The lowest BCUT2D eigenvalue weighted by molar-refractivity contribution is 0.300. The number of nitrogens with zero attached hydrogens (tertiary/aromatic N) is 1. The summed E-state index contributed by atoms with van der Waals surface area (Å²) in [6.45, 7) is 4.09. The number of benzene rings is 2. The Morgan fingerprint density at radius 2 is 1.81 bits per heavy atom. The van der Waals surface area contributed by atoms with Crippen LogP contribution in [0.2, 0.25) is 0 Å². The minimum Gasteiger partial charge on any atom is -0.492 e. The van der Waals surface area contributed by atoms with Gasteiger partial charge in [0, 0.05) is 23.6 Å². The van der Waals surface area contributed by atoms with Crippen LogP contribution in [0.5, 0.6) is 5.75 Å². The predicted molar refractivity (Wildman–Crippen MR) is 86.5 cm³/mol. The van der Waals surface area contributed by atoms with Crippen LogP contribution in [0, 0.1) is 6.92 Å². The summed E-state index contributed by atoms with van der Waals surface area (Å²) in [4.78, 5) is 0. The second-order valence-corrected chi connectivity index (χ2v) is 5.23. The average molecular weight is 280 g/mol. The van der Waals surface area contributed by atoms with Crippen LogP contribution in [-0.4, -0.2) is 11.2 Å². The van der Waals surface area contributed by atoms with E-state index in [0.717, 1.165) is 12.3 Å². The number of fused-ring (bicyclic) bond motifs is 1. The molecule has 21 heavy (non-hydrogen) atoms. The van der Waals surface area contributed by atoms with Crippen LogP contribution >= 0.6 is 0 Å². The van der Waals surface area contributed by atoms with Crippen molar-refractivity contribution in [1.29, 1.82) is 0 Å². The molecule has 0 unspecified atom stereocenters. The van der Waals surface area contributed by atoms with Gasteiger partial charge in [-0.25, -0.2) is 0 Å². The van der Waals surface area contributed by atoms with Crippen LogP contribution in [0.15, 0.2) is 54.7 Å². The number of aromatic nitrogens is 1. The Morgan fingerprint density at radius 3 is 2.57 bits per heavy atom. The highest BCUT2D eigenvalue weighted by Gasteiger charge is 2.06. The molecule has 108 valence electrons. The monoisotopic (exact) mass is 280 g/mol. The molecule has 3 rings (SSSR count). The Labute approximate surface area is 125 Å². The van der Waals surface area contributed by atoms with E-state index in [0.29, 0.717) is 13.2 Å². The van der Waals surface area contributed by atoms with E-state index < -0.39 is 0 Å². The van der Waals surface area contributed by atoms with Gasteiger partial charge in [0.2, 0.25) is 0 Å². The molecule has 1 aromatic heterocycles. The molecule has 0 aliphatic rings. The number of ether oxygens (including phenoxy) is 1. The largest absolute Gasteiger partial charge is 0.492 e. The van der Waals surface area contributed by atoms with E-state index in [1.807, 2.05) is 12.1 Å². The van der Waals surface area contributed by atoms with Gasteiger partial charge in [0.05, 0.1) is 6.54 Å². The maximum Gasteiger partial charge on any atom is 0.119 e. The van der Waals surface area contributed by atoms with E-state index >= 15 is 0 Å². The third-order valence-corrected chi connectivity index (χ3v) is 3.71. The molecule has 0 atom stereocenters. The van der Waals surface area contributed by atoms with Crippen molar-refractivity contribution in [2.24, 2.45) is 5.73 Å². The highest BCUT2D eigenvalue weighted by Crippen LogP contribution is 2.21. The quantitative estimate of drug-likeness (QED) is 0.777. The molecule has 0 spiro atoms. The number of aryl methyl sites for hydroxylation is 1. The lowest BCUT2D eigenvalue weighted by atomic mass is 10.2. The standard InChI is InChI=1S/C18H20N2O/c1-14-6-8-16(9-7-14)21-11-10-20-13-15(12-19)17-4-2-3-5-18(17)20/h2-9,13H,10-12,19H2,1H3. The molecule has 3 nitrogen and oxygen atoms in total. The van der Waals surface area contributed by atoms with Gasteiger partial charge in [-0.05, 0) is 30.7 Å². The Morgan fingerprint density at radius 1 is 1.05 bits per heavy atom. The van der Waals surface area contributed by atoms with E-state index in [4.69, 9.17) is 10.5 Å². The summed E-state index contributed by atoms with van der Waals surface area (Å²) in [6.07, 6.45) is 2.13. The van der Waals surface area contributed by atoms with E-state index in [-0.39, 0.29) is 0 Å². The van der Waals surface area contributed by atoms with Crippen molar-refractivity contribution in [2.45, 2.75) is 20.0 Å². The lowest BCUT2D eigenvalue weighted by Crippen LogP contribution is -2.07.